The maximum atomic E-state index is 14.1. The first-order valence-electron chi connectivity index (χ1n) is 13.2. The molecule has 0 aliphatic rings. The van der Waals surface area contributed by atoms with Gasteiger partial charge in [-0.2, -0.15) is 5.10 Å². The van der Waals surface area contributed by atoms with Gasteiger partial charge in [0.25, 0.3) is 0 Å². The molecular weight excluding hydrogens is 431 g/mol. The van der Waals surface area contributed by atoms with E-state index < -0.39 is 6.17 Å². The Morgan fingerprint density at radius 3 is 2.20 bits per heavy atom. The third-order valence-electron chi connectivity index (χ3n) is 6.29. The number of unbranched alkanes of at least 4 members (excludes halogenated alkanes) is 4. The molecular formula is C32H39FN2. The van der Waals surface area contributed by atoms with Crippen molar-refractivity contribution in [2.24, 2.45) is 10.2 Å². The lowest BCUT2D eigenvalue weighted by molar-refractivity contribution is 0.310. The van der Waals surface area contributed by atoms with E-state index in [1.807, 2.05) is 67.7 Å². The van der Waals surface area contributed by atoms with Crippen LogP contribution >= 0.6 is 0 Å². The van der Waals surface area contributed by atoms with E-state index in [1.165, 1.54) is 37.7 Å². The van der Waals surface area contributed by atoms with Gasteiger partial charge in [0.05, 0.1) is 6.21 Å². The van der Waals surface area contributed by atoms with Gasteiger partial charge < -0.3 is 0 Å². The molecule has 3 rings (SSSR count). The number of rotatable bonds is 14. The summed E-state index contributed by atoms with van der Waals surface area (Å²) in [5, 5.41) is 9.16. The minimum atomic E-state index is -0.788. The van der Waals surface area contributed by atoms with E-state index in [-0.39, 0.29) is 0 Å². The van der Waals surface area contributed by atoms with E-state index in [2.05, 4.69) is 41.4 Å². The van der Waals surface area contributed by atoms with Crippen molar-refractivity contribution in [2.45, 2.75) is 77.8 Å². The lowest BCUT2D eigenvalue weighted by Gasteiger charge is -2.09. The largest absolute Gasteiger partial charge is 0.247 e. The molecule has 0 fully saturated rings. The van der Waals surface area contributed by atoms with Gasteiger partial charge in [-0.05, 0) is 36.0 Å². The monoisotopic (exact) mass is 470 g/mol. The van der Waals surface area contributed by atoms with Crippen molar-refractivity contribution in [1.29, 1.82) is 0 Å². The number of hydrogen-bond donors (Lipinski definition) is 0. The summed E-state index contributed by atoms with van der Waals surface area (Å²) in [5.41, 5.74) is 6.26. The highest BCUT2D eigenvalue weighted by atomic mass is 19.1. The molecule has 0 bridgehead atoms. The molecule has 0 radical (unpaired) electrons. The zero-order valence-corrected chi connectivity index (χ0v) is 21.3. The molecule has 3 aromatic rings. The highest BCUT2D eigenvalue weighted by Gasteiger charge is 2.10. The molecule has 3 heteroatoms. The van der Waals surface area contributed by atoms with Crippen molar-refractivity contribution in [1.82, 2.24) is 0 Å². The second-order valence-electron chi connectivity index (χ2n) is 9.21. The molecule has 0 aliphatic carbocycles. The van der Waals surface area contributed by atoms with Gasteiger partial charge in [0.1, 0.15) is 11.9 Å². The number of aryl methyl sites for hydroxylation is 1. The Bertz CT molecular complexity index is 1050. The van der Waals surface area contributed by atoms with Crippen molar-refractivity contribution < 1.29 is 4.39 Å². The van der Waals surface area contributed by atoms with Crippen LogP contribution in [0.4, 0.5) is 4.39 Å². The molecule has 0 amide bonds. The third kappa shape index (κ3) is 8.90. The molecule has 35 heavy (non-hydrogen) atoms. The lowest BCUT2D eigenvalue weighted by atomic mass is 9.99. The molecule has 0 spiro atoms. The van der Waals surface area contributed by atoms with E-state index in [0.29, 0.717) is 12.8 Å². The molecule has 0 aliphatic heterocycles. The van der Waals surface area contributed by atoms with Crippen LogP contribution in [-0.2, 0) is 12.8 Å². The minimum Gasteiger partial charge on any atom is -0.247 e. The van der Waals surface area contributed by atoms with Crippen molar-refractivity contribution in [3.8, 4) is 0 Å². The van der Waals surface area contributed by atoms with Gasteiger partial charge in [-0.1, -0.05) is 125 Å². The standard InChI is InChI=1S/C32H39FN2/c1-3-5-6-7-9-15-27-16-12-13-19-30(27)25-34-35-32(28-17-10-8-11-18-28)29-22-20-26(21-23-29)24-31(33)14-4-2/h8,10-13,16-23,25,31H,3-7,9,14-15,24H2,1-2H3. The summed E-state index contributed by atoms with van der Waals surface area (Å²) in [5.74, 6) is 0. The number of halogens is 1. The van der Waals surface area contributed by atoms with Gasteiger partial charge in [-0.15, -0.1) is 5.10 Å². The SMILES string of the molecule is CCCCCCCc1ccccc1C=NN=C(c1ccccc1)c1ccc(CC(F)CCC)cc1. The van der Waals surface area contributed by atoms with Crippen molar-refractivity contribution in [2.75, 3.05) is 0 Å². The van der Waals surface area contributed by atoms with E-state index >= 15 is 0 Å². The summed E-state index contributed by atoms with van der Waals surface area (Å²) in [6.07, 6.45) is 10.4. The summed E-state index contributed by atoms with van der Waals surface area (Å²) in [6, 6.07) is 26.6. The van der Waals surface area contributed by atoms with Gasteiger partial charge >= 0.3 is 0 Å². The van der Waals surface area contributed by atoms with E-state index in [0.717, 1.165) is 40.8 Å². The zero-order valence-electron chi connectivity index (χ0n) is 21.3. The summed E-state index contributed by atoms with van der Waals surface area (Å²) in [6.45, 7) is 4.27. The maximum absolute atomic E-state index is 14.1. The lowest BCUT2D eigenvalue weighted by Crippen LogP contribution is -2.06. The van der Waals surface area contributed by atoms with Crippen LogP contribution in [0, 0.1) is 0 Å². The molecule has 0 saturated carbocycles. The summed E-state index contributed by atoms with van der Waals surface area (Å²) >= 11 is 0. The van der Waals surface area contributed by atoms with E-state index in [9.17, 15) is 4.39 Å². The first-order valence-corrected chi connectivity index (χ1v) is 13.2. The average Bonchev–Trinajstić information content (AvgIpc) is 2.88. The van der Waals surface area contributed by atoms with Crippen LogP contribution in [0.3, 0.4) is 0 Å². The Hall–Kier alpha value is -3.07. The van der Waals surface area contributed by atoms with Gasteiger partial charge in [0.15, 0.2) is 0 Å². The first kappa shape index (κ1) is 26.5. The fourth-order valence-corrected chi connectivity index (χ4v) is 4.30. The topological polar surface area (TPSA) is 24.7 Å². The quantitative estimate of drug-likeness (QED) is 0.128. The number of alkyl halides is 1. The summed E-state index contributed by atoms with van der Waals surface area (Å²) in [4.78, 5) is 0. The van der Waals surface area contributed by atoms with Crippen LogP contribution in [-0.4, -0.2) is 18.1 Å². The van der Waals surface area contributed by atoms with Gasteiger partial charge in [0.2, 0.25) is 0 Å². The molecule has 0 saturated heterocycles. The Kier molecular flexibility index (Phi) is 11.4. The Morgan fingerprint density at radius 1 is 0.771 bits per heavy atom. The van der Waals surface area contributed by atoms with Gasteiger partial charge in [-0.25, -0.2) is 4.39 Å². The molecule has 184 valence electrons. The van der Waals surface area contributed by atoms with Crippen LogP contribution in [0.1, 0.15) is 86.6 Å². The van der Waals surface area contributed by atoms with Crippen LogP contribution < -0.4 is 0 Å². The van der Waals surface area contributed by atoms with E-state index in [4.69, 9.17) is 0 Å². The van der Waals surface area contributed by atoms with Crippen LogP contribution in [0.2, 0.25) is 0 Å². The number of hydrogen-bond acceptors (Lipinski definition) is 2. The molecule has 0 aromatic heterocycles. The fourth-order valence-electron chi connectivity index (χ4n) is 4.30. The fraction of sp³-hybridized carbons (Fsp3) is 0.375. The summed E-state index contributed by atoms with van der Waals surface area (Å²) < 4.78 is 14.1. The van der Waals surface area contributed by atoms with Crippen molar-refractivity contribution in [3.63, 3.8) is 0 Å². The highest BCUT2D eigenvalue weighted by molar-refractivity contribution is 6.13. The Labute approximate surface area is 211 Å². The molecule has 0 N–H and O–H groups in total. The number of nitrogens with zero attached hydrogens (tertiary/aromatic N) is 2. The van der Waals surface area contributed by atoms with Crippen LogP contribution in [0.25, 0.3) is 0 Å². The third-order valence-corrected chi connectivity index (χ3v) is 6.29. The zero-order chi connectivity index (χ0) is 24.7. The first-order chi connectivity index (χ1) is 17.2. The number of benzene rings is 3. The average molecular weight is 471 g/mol. The second-order valence-corrected chi connectivity index (χ2v) is 9.21. The molecule has 1 atom stereocenters. The van der Waals surface area contributed by atoms with Gasteiger partial charge in [0, 0.05) is 17.5 Å². The molecule has 2 nitrogen and oxygen atoms in total. The van der Waals surface area contributed by atoms with E-state index in [1.54, 1.807) is 0 Å². The molecule has 1 unspecified atom stereocenters. The van der Waals surface area contributed by atoms with Crippen LogP contribution in [0.15, 0.2) is 89.1 Å². The maximum Gasteiger partial charge on any atom is 0.104 e. The Balaban J connectivity index is 1.78. The predicted octanol–water partition coefficient (Wildman–Crippen LogP) is 8.75. The minimum absolute atomic E-state index is 0.458. The van der Waals surface area contributed by atoms with Crippen LogP contribution in [0.5, 0.6) is 0 Å². The smallest absolute Gasteiger partial charge is 0.104 e. The highest BCUT2D eigenvalue weighted by Crippen LogP contribution is 2.17. The molecule has 0 heterocycles. The van der Waals surface area contributed by atoms with Gasteiger partial charge in [-0.3, -0.25) is 0 Å². The Morgan fingerprint density at radius 2 is 1.46 bits per heavy atom. The summed E-state index contributed by atoms with van der Waals surface area (Å²) in [7, 11) is 0. The van der Waals surface area contributed by atoms with Crippen molar-refractivity contribution >= 4 is 11.9 Å². The second kappa shape index (κ2) is 15.0. The normalized spacial score (nSPS) is 12.8. The predicted molar refractivity (Wildman–Crippen MR) is 149 cm³/mol. The van der Waals surface area contributed by atoms with Crippen molar-refractivity contribution in [3.05, 3.63) is 107 Å². The molecule has 3 aromatic carbocycles.